The molecule has 0 aliphatic heterocycles. The largest absolute Gasteiger partial charge is 0.383 e. The van der Waals surface area contributed by atoms with E-state index in [2.05, 4.69) is 10.6 Å². The van der Waals surface area contributed by atoms with Crippen LogP contribution in [0.1, 0.15) is 26.3 Å². The maximum Gasteiger partial charge on any atom is 0.238 e. The summed E-state index contributed by atoms with van der Waals surface area (Å²) in [5.41, 5.74) is 1.77. The number of rotatable bonds is 9. The molecule has 0 unspecified atom stereocenters. The molecule has 1 aromatic carbocycles. The van der Waals surface area contributed by atoms with Crippen molar-refractivity contribution in [3.63, 3.8) is 0 Å². The first-order valence-electron chi connectivity index (χ1n) is 7.79. The van der Waals surface area contributed by atoms with Crippen LogP contribution in [0, 0.1) is 0 Å². The average Bonchev–Trinajstić information content (AvgIpc) is 2.50. The Bertz CT molecular complexity index is 500. The van der Waals surface area contributed by atoms with Crippen molar-refractivity contribution in [3.05, 3.63) is 29.8 Å². The van der Waals surface area contributed by atoms with E-state index in [1.54, 1.807) is 18.9 Å². The second-order valence-corrected chi connectivity index (χ2v) is 5.66. The van der Waals surface area contributed by atoms with Crippen molar-refractivity contribution in [2.75, 3.05) is 32.1 Å². The van der Waals surface area contributed by atoms with Crippen molar-refractivity contribution in [2.24, 2.45) is 0 Å². The summed E-state index contributed by atoms with van der Waals surface area (Å²) in [7, 11) is 1.62. The van der Waals surface area contributed by atoms with Gasteiger partial charge in [-0.05, 0) is 31.5 Å². The van der Waals surface area contributed by atoms with Crippen molar-refractivity contribution in [2.45, 2.75) is 33.4 Å². The second-order valence-electron chi connectivity index (χ2n) is 5.66. The van der Waals surface area contributed by atoms with Crippen molar-refractivity contribution in [1.82, 2.24) is 10.2 Å². The van der Waals surface area contributed by atoms with Crippen LogP contribution in [0.2, 0.25) is 0 Å². The lowest BCUT2D eigenvalue weighted by atomic mass is 10.1. The van der Waals surface area contributed by atoms with E-state index in [1.807, 2.05) is 38.1 Å². The van der Waals surface area contributed by atoms with Gasteiger partial charge in [-0.25, -0.2) is 0 Å². The Kier molecular flexibility index (Phi) is 8.29. The molecule has 0 saturated carbocycles. The van der Waals surface area contributed by atoms with Crippen LogP contribution in [-0.4, -0.2) is 49.6 Å². The lowest BCUT2D eigenvalue weighted by Crippen LogP contribution is -2.34. The molecule has 0 aliphatic carbocycles. The van der Waals surface area contributed by atoms with Crippen LogP contribution >= 0.6 is 0 Å². The molecule has 0 radical (unpaired) electrons. The van der Waals surface area contributed by atoms with Gasteiger partial charge in [-0.3, -0.25) is 9.59 Å². The first kappa shape index (κ1) is 19.1. The second kappa shape index (κ2) is 9.97. The smallest absolute Gasteiger partial charge is 0.238 e. The van der Waals surface area contributed by atoms with Crippen LogP contribution in [0.4, 0.5) is 5.69 Å². The zero-order valence-electron chi connectivity index (χ0n) is 14.4. The van der Waals surface area contributed by atoms with Gasteiger partial charge in [-0.1, -0.05) is 12.1 Å². The van der Waals surface area contributed by atoms with Crippen LogP contribution in [-0.2, 0) is 20.9 Å². The van der Waals surface area contributed by atoms with Gasteiger partial charge >= 0.3 is 0 Å². The van der Waals surface area contributed by atoms with E-state index in [9.17, 15) is 9.59 Å². The number of nitrogens with one attached hydrogen (secondary N) is 2. The molecule has 0 heterocycles. The van der Waals surface area contributed by atoms with Gasteiger partial charge in [-0.2, -0.15) is 0 Å². The van der Waals surface area contributed by atoms with Crippen molar-refractivity contribution >= 4 is 17.5 Å². The lowest BCUT2D eigenvalue weighted by Gasteiger charge is -2.25. The Morgan fingerprint density at radius 2 is 1.87 bits per heavy atom. The molecule has 0 saturated heterocycles. The van der Waals surface area contributed by atoms with Crippen LogP contribution in [0.3, 0.4) is 0 Å². The summed E-state index contributed by atoms with van der Waals surface area (Å²) in [6, 6.07) is 7.70. The van der Waals surface area contributed by atoms with E-state index in [0.717, 1.165) is 11.3 Å². The highest BCUT2D eigenvalue weighted by Gasteiger charge is 2.13. The van der Waals surface area contributed by atoms with E-state index in [4.69, 9.17) is 4.74 Å². The normalized spacial score (nSPS) is 10.7. The lowest BCUT2D eigenvalue weighted by molar-refractivity contribution is -0.131. The number of carbonyl (C=O) groups excluding carboxylic acids is 2. The van der Waals surface area contributed by atoms with Crippen molar-refractivity contribution in [3.8, 4) is 0 Å². The standard InChI is InChI=1S/C17H27N3O3/c1-13(2)20(14(3)21)12-15-5-7-16(8-6-15)19-17(22)11-18-9-10-23-4/h5-8,13,18H,9-12H2,1-4H3,(H,19,22). The monoisotopic (exact) mass is 321 g/mol. The molecule has 0 spiro atoms. The van der Waals surface area contributed by atoms with Crippen LogP contribution in [0.15, 0.2) is 24.3 Å². The van der Waals surface area contributed by atoms with Gasteiger partial charge in [0, 0.05) is 38.9 Å². The Morgan fingerprint density at radius 1 is 1.22 bits per heavy atom. The molecule has 0 aromatic heterocycles. The number of nitrogens with zero attached hydrogens (tertiary/aromatic N) is 1. The molecule has 1 rings (SSSR count). The molecule has 6 nitrogen and oxygen atoms in total. The van der Waals surface area contributed by atoms with E-state index in [-0.39, 0.29) is 24.4 Å². The number of benzene rings is 1. The fourth-order valence-electron chi connectivity index (χ4n) is 2.13. The molecule has 2 N–H and O–H groups in total. The summed E-state index contributed by atoms with van der Waals surface area (Å²) < 4.78 is 4.90. The fourth-order valence-corrected chi connectivity index (χ4v) is 2.13. The third-order valence-corrected chi connectivity index (χ3v) is 3.39. The van der Waals surface area contributed by atoms with Gasteiger partial charge in [0.15, 0.2) is 0 Å². The summed E-state index contributed by atoms with van der Waals surface area (Å²) >= 11 is 0. The summed E-state index contributed by atoms with van der Waals surface area (Å²) in [5.74, 6) is -0.0408. The molecular weight excluding hydrogens is 294 g/mol. The Balaban J connectivity index is 2.49. The maximum absolute atomic E-state index is 11.7. The topological polar surface area (TPSA) is 70.7 Å². The molecule has 0 aliphatic rings. The van der Waals surface area contributed by atoms with Gasteiger partial charge in [0.2, 0.25) is 11.8 Å². The molecule has 0 fully saturated rings. The van der Waals surface area contributed by atoms with Gasteiger partial charge in [0.05, 0.1) is 13.2 Å². The SMILES string of the molecule is COCCNCC(=O)Nc1ccc(CN(C(C)=O)C(C)C)cc1. The molecular formula is C17H27N3O3. The van der Waals surface area contributed by atoms with Gasteiger partial charge < -0.3 is 20.3 Å². The first-order valence-corrected chi connectivity index (χ1v) is 7.79. The predicted molar refractivity (Wildman–Crippen MR) is 91.2 cm³/mol. The fraction of sp³-hybridized carbons (Fsp3) is 0.529. The highest BCUT2D eigenvalue weighted by Crippen LogP contribution is 2.13. The summed E-state index contributed by atoms with van der Waals surface area (Å²) in [4.78, 5) is 25.2. The Morgan fingerprint density at radius 3 is 2.39 bits per heavy atom. The number of carbonyl (C=O) groups is 2. The number of hydrogen-bond donors (Lipinski definition) is 2. The highest BCUT2D eigenvalue weighted by atomic mass is 16.5. The number of methoxy groups -OCH3 is 1. The third-order valence-electron chi connectivity index (χ3n) is 3.39. The molecule has 23 heavy (non-hydrogen) atoms. The zero-order chi connectivity index (χ0) is 17.2. The first-order chi connectivity index (χ1) is 10.9. The van der Waals surface area contributed by atoms with Gasteiger partial charge in [0.25, 0.3) is 0 Å². The maximum atomic E-state index is 11.7. The minimum absolute atomic E-state index is 0.0551. The summed E-state index contributed by atoms with van der Waals surface area (Å²) in [6.07, 6.45) is 0. The van der Waals surface area contributed by atoms with Gasteiger partial charge in [-0.15, -0.1) is 0 Å². The molecule has 0 atom stereocenters. The number of hydrogen-bond acceptors (Lipinski definition) is 4. The Labute approximate surface area is 138 Å². The van der Waals surface area contributed by atoms with Gasteiger partial charge in [0.1, 0.15) is 0 Å². The van der Waals surface area contributed by atoms with E-state index in [0.29, 0.717) is 19.7 Å². The summed E-state index contributed by atoms with van der Waals surface area (Å²) in [6.45, 7) is 7.59. The van der Waals surface area contributed by atoms with Crippen molar-refractivity contribution in [1.29, 1.82) is 0 Å². The molecule has 0 bridgehead atoms. The predicted octanol–water partition coefficient (Wildman–Crippen LogP) is 1.62. The van der Waals surface area contributed by atoms with Crippen LogP contribution in [0.25, 0.3) is 0 Å². The Hall–Kier alpha value is -1.92. The molecule has 128 valence electrons. The summed E-state index contributed by atoms with van der Waals surface area (Å²) in [5, 5.41) is 5.81. The minimum atomic E-state index is -0.0959. The highest BCUT2D eigenvalue weighted by molar-refractivity contribution is 5.92. The average molecular weight is 321 g/mol. The molecule has 1 aromatic rings. The number of anilines is 1. The zero-order valence-corrected chi connectivity index (χ0v) is 14.4. The molecule has 2 amide bonds. The number of ether oxygens (including phenoxy) is 1. The minimum Gasteiger partial charge on any atom is -0.383 e. The van der Waals surface area contributed by atoms with Crippen LogP contribution in [0.5, 0.6) is 0 Å². The third kappa shape index (κ3) is 7.25. The van der Waals surface area contributed by atoms with Crippen LogP contribution < -0.4 is 10.6 Å². The number of amides is 2. The van der Waals surface area contributed by atoms with Crippen molar-refractivity contribution < 1.29 is 14.3 Å². The van der Waals surface area contributed by atoms with E-state index >= 15 is 0 Å². The quantitative estimate of drug-likeness (QED) is 0.678. The molecule has 6 heteroatoms. The van der Waals surface area contributed by atoms with E-state index in [1.165, 1.54) is 0 Å². The van der Waals surface area contributed by atoms with E-state index < -0.39 is 0 Å².